The van der Waals surface area contributed by atoms with Crippen LogP contribution >= 0.6 is 0 Å². The smallest absolute Gasteiger partial charge is 0.258 e. The van der Waals surface area contributed by atoms with Crippen LogP contribution in [-0.2, 0) is 4.79 Å². The van der Waals surface area contributed by atoms with Gasteiger partial charge in [0, 0.05) is 5.54 Å². The molecule has 0 saturated heterocycles. The van der Waals surface area contributed by atoms with E-state index in [9.17, 15) is 4.79 Å². The number of hydrogen-bond donors (Lipinski definition) is 1. The Hall–Kier alpha value is -2.80. The molecule has 0 aliphatic carbocycles. The molecule has 0 aliphatic rings. The minimum atomic E-state index is -0.264. The SMILES string of the molecule is CC(C)(C)NC(=O)COc1ccc(-c2ccc(C#N)cc2)cc1. The lowest BCUT2D eigenvalue weighted by atomic mass is 10.0. The molecule has 0 spiro atoms. The van der Waals surface area contributed by atoms with Gasteiger partial charge in [0.2, 0.25) is 0 Å². The number of hydrogen-bond acceptors (Lipinski definition) is 3. The maximum atomic E-state index is 11.7. The van der Waals surface area contributed by atoms with Crippen LogP contribution < -0.4 is 10.1 Å². The number of amides is 1. The number of nitrogens with zero attached hydrogens (tertiary/aromatic N) is 1. The van der Waals surface area contributed by atoms with E-state index in [1.54, 1.807) is 12.1 Å². The van der Waals surface area contributed by atoms with Crippen molar-refractivity contribution in [3.05, 3.63) is 54.1 Å². The molecule has 2 aromatic carbocycles. The molecule has 0 atom stereocenters. The maximum absolute atomic E-state index is 11.7. The average molecular weight is 308 g/mol. The van der Waals surface area contributed by atoms with E-state index in [0.717, 1.165) is 11.1 Å². The zero-order valence-corrected chi connectivity index (χ0v) is 13.6. The summed E-state index contributed by atoms with van der Waals surface area (Å²) in [5, 5.41) is 11.7. The van der Waals surface area contributed by atoms with Crippen LogP contribution in [0.3, 0.4) is 0 Å². The summed E-state index contributed by atoms with van der Waals surface area (Å²) in [6, 6.07) is 17.0. The lowest BCUT2D eigenvalue weighted by molar-refractivity contribution is -0.124. The van der Waals surface area contributed by atoms with Crippen LogP contribution in [0, 0.1) is 11.3 Å². The molecule has 0 heterocycles. The van der Waals surface area contributed by atoms with E-state index < -0.39 is 0 Å². The number of rotatable bonds is 4. The fourth-order valence-electron chi connectivity index (χ4n) is 2.08. The van der Waals surface area contributed by atoms with Gasteiger partial charge in [-0.05, 0) is 56.2 Å². The van der Waals surface area contributed by atoms with Gasteiger partial charge in [0.05, 0.1) is 11.6 Å². The molecule has 4 nitrogen and oxygen atoms in total. The zero-order chi connectivity index (χ0) is 16.9. The van der Waals surface area contributed by atoms with Crippen LogP contribution in [0.4, 0.5) is 0 Å². The minimum absolute atomic E-state index is 0.00647. The molecule has 0 aliphatic heterocycles. The quantitative estimate of drug-likeness (QED) is 0.940. The van der Waals surface area contributed by atoms with Crippen molar-refractivity contribution >= 4 is 5.91 Å². The lowest BCUT2D eigenvalue weighted by Crippen LogP contribution is -2.43. The number of nitriles is 1. The van der Waals surface area contributed by atoms with Crippen LogP contribution in [0.25, 0.3) is 11.1 Å². The molecule has 2 rings (SSSR count). The van der Waals surface area contributed by atoms with Crippen molar-refractivity contribution in [3.8, 4) is 22.9 Å². The zero-order valence-electron chi connectivity index (χ0n) is 13.6. The topological polar surface area (TPSA) is 62.1 Å². The number of carbonyl (C=O) groups is 1. The van der Waals surface area contributed by atoms with E-state index in [1.165, 1.54) is 0 Å². The second-order valence-corrected chi connectivity index (χ2v) is 6.30. The highest BCUT2D eigenvalue weighted by Gasteiger charge is 2.13. The van der Waals surface area contributed by atoms with Crippen molar-refractivity contribution in [1.29, 1.82) is 5.26 Å². The van der Waals surface area contributed by atoms with Gasteiger partial charge >= 0.3 is 0 Å². The Morgan fingerprint density at radius 1 is 1.04 bits per heavy atom. The van der Waals surface area contributed by atoms with E-state index in [2.05, 4.69) is 11.4 Å². The maximum Gasteiger partial charge on any atom is 0.258 e. The third-order valence-electron chi connectivity index (χ3n) is 3.09. The molecular weight excluding hydrogens is 288 g/mol. The summed E-state index contributed by atoms with van der Waals surface area (Å²) in [6.45, 7) is 5.78. The molecule has 1 N–H and O–H groups in total. The molecule has 1 amide bonds. The lowest BCUT2D eigenvalue weighted by Gasteiger charge is -2.20. The average Bonchev–Trinajstić information content (AvgIpc) is 2.52. The molecule has 23 heavy (non-hydrogen) atoms. The number of carbonyl (C=O) groups excluding carboxylic acids is 1. The first-order chi connectivity index (χ1) is 10.9. The van der Waals surface area contributed by atoms with Gasteiger partial charge in [-0.1, -0.05) is 24.3 Å². The van der Waals surface area contributed by atoms with E-state index in [4.69, 9.17) is 10.00 Å². The predicted octanol–water partition coefficient (Wildman–Crippen LogP) is 3.52. The van der Waals surface area contributed by atoms with Gasteiger partial charge in [-0.15, -0.1) is 0 Å². The van der Waals surface area contributed by atoms with Crippen LogP contribution in [0.15, 0.2) is 48.5 Å². The number of ether oxygens (including phenoxy) is 1. The first kappa shape index (κ1) is 16.6. The standard InChI is InChI=1S/C19H20N2O2/c1-19(2,3)21-18(22)13-23-17-10-8-16(9-11-17)15-6-4-14(12-20)5-7-15/h4-11H,13H2,1-3H3,(H,21,22). The Kier molecular flexibility index (Phi) is 5.02. The molecular formula is C19H20N2O2. The van der Waals surface area contributed by atoms with Gasteiger partial charge in [0.1, 0.15) is 5.75 Å². The Bertz CT molecular complexity index is 705. The molecule has 0 bridgehead atoms. The molecule has 0 saturated carbocycles. The molecule has 2 aromatic rings. The first-order valence-electron chi connectivity index (χ1n) is 7.42. The van der Waals surface area contributed by atoms with Crippen LogP contribution in [0.1, 0.15) is 26.3 Å². The van der Waals surface area contributed by atoms with Gasteiger partial charge < -0.3 is 10.1 Å². The number of benzene rings is 2. The van der Waals surface area contributed by atoms with Crippen molar-refractivity contribution in [2.45, 2.75) is 26.3 Å². The largest absolute Gasteiger partial charge is 0.484 e. The van der Waals surface area contributed by atoms with E-state index >= 15 is 0 Å². The summed E-state index contributed by atoms with van der Waals surface area (Å²) >= 11 is 0. The molecule has 4 heteroatoms. The third kappa shape index (κ3) is 5.15. The summed E-state index contributed by atoms with van der Waals surface area (Å²) < 4.78 is 5.49. The summed E-state index contributed by atoms with van der Waals surface area (Å²) in [4.78, 5) is 11.7. The fraction of sp³-hybridized carbons (Fsp3) is 0.263. The Morgan fingerprint density at radius 3 is 2.04 bits per heavy atom. The van der Waals surface area contributed by atoms with Crippen LogP contribution in [0.5, 0.6) is 5.75 Å². The Labute approximate surface area is 136 Å². The highest BCUT2D eigenvalue weighted by atomic mass is 16.5. The van der Waals surface area contributed by atoms with Crippen molar-refractivity contribution in [1.82, 2.24) is 5.32 Å². The molecule has 0 aromatic heterocycles. The van der Waals surface area contributed by atoms with Crippen LogP contribution in [-0.4, -0.2) is 18.1 Å². The van der Waals surface area contributed by atoms with Crippen molar-refractivity contribution in [2.75, 3.05) is 6.61 Å². The molecule has 0 fully saturated rings. The first-order valence-corrected chi connectivity index (χ1v) is 7.42. The van der Waals surface area contributed by atoms with Crippen molar-refractivity contribution in [2.24, 2.45) is 0 Å². The van der Waals surface area contributed by atoms with Crippen LogP contribution in [0.2, 0.25) is 0 Å². The Morgan fingerprint density at radius 2 is 1.57 bits per heavy atom. The van der Waals surface area contributed by atoms with E-state index in [0.29, 0.717) is 11.3 Å². The number of nitrogens with one attached hydrogen (secondary N) is 1. The van der Waals surface area contributed by atoms with Gasteiger partial charge in [-0.2, -0.15) is 5.26 Å². The van der Waals surface area contributed by atoms with E-state index in [-0.39, 0.29) is 18.1 Å². The van der Waals surface area contributed by atoms with E-state index in [1.807, 2.05) is 57.2 Å². The highest BCUT2D eigenvalue weighted by Crippen LogP contribution is 2.22. The van der Waals surface area contributed by atoms with Crippen molar-refractivity contribution in [3.63, 3.8) is 0 Å². The third-order valence-corrected chi connectivity index (χ3v) is 3.09. The van der Waals surface area contributed by atoms with Gasteiger partial charge in [-0.3, -0.25) is 4.79 Å². The van der Waals surface area contributed by atoms with Gasteiger partial charge in [-0.25, -0.2) is 0 Å². The second-order valence-electron chi connectivity index (χ2n) is 6.30. The molecule has 0 radical (unpaired) electrons. The monoisotopic (exact) mass is 308 g/mol. The Balaban J connectivity index is 1.97. The minimum Gasteiger partial charge on any atom is -0.484 e. The van der Waals surface area contributed by atoms with Gasteiger partial charge in [0.25, 0.3) is 5.91 Å². The molecule has 118 valence electrons. The summed E-state index contributed by atoms with van der Waals surface area (Å²) in [7, 11) is 0. The molecule has 0 unspecified atom stereocenters. The van der Waals surface area contributed by atoms with Gasteiger partial charge in [0.15, 0.2) is 6.61 Å². The second kappa shape index (κ2) is 6.97. The summed E-state index contributed by atoms with van der Waals surface area (Å²) in [5.74, 6) is 0.500. The van der Waals surface area contributed by atoms with Crippen molar-refractivity contribution < 1.29 is 9.53 Å². The summed E-state index contributed by atoms with van der Waals surface area (Å²) in [5.41, 5.74) is 2.43. The highest BCUT2D eigenvalue weighted by molar-refractivity contribution is 5.78. The summed E-state index contributed by atoms with van der Waals surface area (Å²) in [6.07, 6.45) is 0. The predicted molar refractivity (Wildman–Crippen MR) is 90.0 cm³/mol. The fourth-order valence-corrected chi connectivity index (χ4v) is 2.08. The normalized spacial score (nSPS) is 10.7.